The highest BCUT2D eigenvalue weighted by Crippen LogP contribution is 2.31. The van der Waals surface area contributed by atoms with Crippen molar-refractivity contribution in [3.05, 3.63) is 62.8 Å². The smallest absolute Gasteiger partial charge is 0.305 e. The van der Waals surface area contributed by atoms with Crippen LogP contribution in [0.3, 0.4) is 0 Å². The number of aromatic hydroxyl groups is 1. The molecule has 0 aliphatic carbocycles. The van der Waals surface area contributed by atoms with E-state index in [9.17, 15) is 15.0 Å². The molecule has 1 heterocycles. The number of hydrogen-bond donors (Lipinski definition) is 4. The zero-order valence-corrected chi connectivity index (χ0v) is 21.2. The number of phenols is 1. The van der Waals surface area contributed by atoms with Crippen LogP contribution >= 0.6 is 11.3 Å². The van der Waals surface area contributed by atoms with Crippen LogP contribution in [-0.4, -0.2) is 60.1 Å². The average Bonchev–Trinajstić information content (AvgIpc) is 3.21. The lowest BCUT2D eigenvalue weighted by molar-refractivity contribution is 0.0609. The molecule has 2 aromatic carbocycles. The van der Waals surface area contributed by atoms with Gasteiger partial charge in [0.1, 0.15) is 11.3 Å². The molecule has 0 aliphatic heterocycles. The Morgan fingerprint density at radius 2 is 1.91 bits per heavy atom. The van der Waals surface area contributed by atoms with Gasteiger partial charge in [0.25, 0.3) is 0 Å². The van der Waals surface area contributed by atoms with Crippen molar-refractivity contribution in [2.45, 2.75) is 39.2 Å². The van der Waals surface area contributed by atoms with E-state index in [1.165, 1.54) is 23.6 Å². The number of aliphatic hydroxyl groups excluding tert-OH is 1. The molecule has 3 rings (SSSR count). The fraction of sp³-hybridized carbons (Fsp3) is 0.500. The van der Waals surface area contributed by atoms with Crippen LogP contribution in [0, 0.1) is 5.92 Å². The Morgan fingerprint density at radius 3 is 2.65 bits per heavy atom. The molecule has 1 unspecified atom stereocenters. The first-order chi connectivity index (χ1) is 16.4. The Bertz CT molecular complexity index is 1100. The van der Waals surface area contributed by atoms with Crippen LogP contribution in [0.1, 0.15) is 43.1 Å². The van der Waals surface area contributed by atoms with Gasteiger partial charge in [-0.3, -0.25) is 9.69 Å². The van der Waals surface area contributed by atoms with Gasteiger partial charge in [-0.05, 0) is 48.9 Å². The number of phenolic OH excluding ortho intramolecular Hbond substituents is 1. The number of nitrogens with one attached hydrogen (secondary N) is 2. The highest BCUT2D eigenvalue weighted by atomic mass is 32.1. The minimum absolute atomic E-state index is 0.0161. The third-order valence-electron chi connectivity index (χ3n) is 5.92. The summed E-state index contributed by atoms with van der Waals surface area (Å²) in [7, 11) is 1.75. The van der Waals surface area contributed by atoms with E-state index < -0.39 is 6.10 Å². The van der Waals surface area contributed by atoms with Crippen molar-refractivity contribution in [2.24, 2.45) is 5.92 Å². The van der Waals surface area contributed by atoms with E-state index in [1.807, 2.05) is 0 Å². The van der Waals surface area contributed by atoms with Crippen molar-refractivity contribution in [3.63, 3.8) is 0 Å². The molecule has 1 aromatic heterocycles. The summed E-state index contributed by atoms with van der Waals surface area (Å²) in [6.07, 6.45) is 2.24. The second kappa shape index (κ2) is 13.0. The molecule has 0 saturated carbocycles. The van der Waals surface area contributed by atoms with Crippen LogP contribution in [0.5, 0.6) is 5.75 Å². The first kappa shape index (κ1) is 26.4. The van der Waals surface area contributed by atoms with Gasteiger partial charge >= 0.3 is 4.87 Å². The molecule has 0 saturated heterocycles. The average molecular weight is 488 g/mol. The van der Waals surface area contributed by atoms with Crippen LogP contribution in [0.4, 0.5) is 0 Å². The van der Waals surface area contributed by atoms with Crippen LogP contribution in [0.15, 0.2) is 41.2 Å². The van der Waals surface area contributed by atoms with Gasteiger partial charge < -0.3 is 25.3 Å². The quantitative estimate of drug-likeness (QED) is 0.205. The number of H-pyrrole nitrogens is 1. The number of fused-ring (bicyclic) bond motifs is 1. The van der Waals surface area contributed by atoms with Gasteiger partial charge in [0.2, 0.25) is 0 Å². The van der Waals surface area contributed by atoms with Crippen LogP contribution in [0.25, 0.3) is 10.2 Å². The predicted octanol–water partition coefficient (Wildman–Crippen LogP) is 3.66. The maximum atomic E-state index is 11.7. The number of hydrogen-bond acceptors (Lipinski definition) is 7. The number of aliphatic hydroxyl groups is 1. The third-order valence-corrected chi connectivity index (χ3v) is 6.85. The molecule has 0 aliphatic rings. The molecule has 3 aromatic rings. The minimum Gasteiger partial charge on any atom is -0.506 e. The molecule has 4 N–H and O–H groups in total. The van der Waals surface area contributed by atoms with E-state index in [-0.39, 0.29) is 10.6 Å². The fourth-order valence-electron chi connectivity index (χ4n) is 3.98. The zero-order valence-electron chi connectivity index (χ0n) is 20.3. The molecule has 1 atom stereocenters. The van der Waals surface area contributed by atoms with E-state index in [0.717, 1.165) is 43.8 Å². The van der Waals surface area contributed by atoms with Gasteiger partial charge in [-0.25, -0.2) is 0 Å². The van der Waals surface area contributed by atoms with Crippen molar-refractivity contribution >= 4 is 21.6 Å². The van der Waals surface area contributed by atoms with Crippen molar-refractivity contribution in [1.29, 1.82) is 0 Å². The summed E-state index contributed by atoms with van der Waals surface area (Å²) < 4.78 is 5.96. The van der Waals surface area contributed by atoms with Gasteiger partial charge in [0, 0.05) is 32.3 Å². The van der Waals surface area contributed by atoms with Gasteiger partial charge in [-0.15, -0.1) is 0 Å². The fourth-order valence-corrected chi connectivity index (χ4v) is 4.89. The third kappa shape index (κ3) is 7.65. The first-order valence-electron chi connectivity index (χ1n) is 11.9. The lowest BCUT2D eigenvalue weighted by Gasteiger charge is -2.22. The monoisotopic (exact) mass is 487 g/mol. The van der Waals surface area contributed by atoms with Crippen molar-refractivity contribution in [2.75, 3.05) is 40.0 Å². The molecule has 186 valence electrons. The lowest BCUT2D eigenvalue weighted by Crippen LogP contribution is -2.30. The Balaban J connectivity index is 1.48. The van der Waals surface area contributed by atoms with E-state index in [0.29, 0.717) is 35.0 Å². The summed E-state index contributed by atoms with van der Waals surface area (Å²) in [5.74, 6) is 0.698. The molecule has 0 bridgehead atoms. The molecular formula is C26H37N3O4S. The van der Waals surface area contributed by atoms with Crippen molar-refractivity contribution in [1.82, 2.24) is 15.2 Å². The summed E-state index contributed by atoms with van der Waals surface area (Å²) in [6, 6.07) is 11.8. The van der Waals surface area contributed by atoms with Gasteiger partial charge in [0.05, 0.1) is 17.5 Å². The van der Waals surface area contributed by atoms with E-state index >= 15 is 0 Å². The number of nitrogens with zero attached hydrogens (tertiary/aromatic N) is 1. The lowest BCUT2D eigenvalue weighted by atomic mass is 10.0. The molecular weight excluding hydrogens is 450 g/mol. The molecule has 0 amide bonds. The Kier molecular flexibility index (Phi) is 10.1. The van der Waals surface area contributed by atoms with Gasteiger partial charge in [0.15, 0.2) is 0 Å². The summed E-state index contributed by atoms with van der Waals surface area (Å²) in [4.78, 5) is 16.4. The number of ether oxygens (including phenoxy) is 1. The molecule has 0 fully saturated rings. The number of benzene rings is 2. The summed E-state index contributed by atoms with van der Waals surface area (Å²) >= 11 is 1.00. The second-order valence-electron chi connectivity index (χ2n) is 9.15. The molecule has 0 spiro atoms. The van der Waals surface area contributed by atoms with E-state index in [2.05, 4.69) is 53.3 Å². The Hall–Kier alpha value is -2.23. The number of aromatic amines is 1. The van der Waals surface area contributed by atoms with Gasteiger partial charge in [-0.2, -0.15) is 0 Å². The molecule has 34 heavy (non-hydrogen) atoms. The standard InChI is InChI=1S/C26H37N3O4S/c1-18(2)10-13-29(17-33-3)14-11-20-6-4-5-19(15-20)9-12-27-16-23(31)21-7-8-22(30)24-25(21)34-26(32)28-24/h4-8,15,18,23,27,30-31H,9-14,16-17H2,1-3H3,(H,28,32). The van der Waals surface area contributed by atoms with Crippen LogP contribution in [-0.2, 0) is 17.6 Å². The van der Waals surface area contributed by atoms with Gasteiger partial charge in [-0.1, -0.05) is 55.5 Å². The minimum atomic E-state index is -0.765. The zero-order chi connectivity index (χ0) is 24.5. The first-order valence-corrected chi connectivity index (χ1v) is 12.7. The maximum Gasteiger partial charge on any atom is 0.305 e. The van der Waals surface area contributed by atoms with E-state index in [4.69, 9.17) is 4.74 Å². The highest BCUT2D eigenvalue weighted by molar-refractivity contribution is 7.16. The molecule has 7 nitrogen and oxygen atoms in total. The SMILES string of the molecule is COCN(CCc1cccc(CCNCC(O)c2ccc(O)c3[nH]c(=O)sc23)c1)CCC(C)C. The highest BCUT2D eigenvalue weighted by Gasteiger charge is 2.16. The summed E-state index contributed by atoms with van der Waals surface area (Å²) in [6.45, 7) is 8.27. The summed E-state index contributed by atoms with van der Waals surface area (Å²) in [5.41, 5.74) is 3.60. The number of thiazole rings is 1. The topological polar surface area (TPSA) is 97.8 Å². The number of methoxy groups -OCH3 is 1. The maximum absolute atomic E-state index is 11.7. The van der Waals surface area contributed by atoms with Crippen molar-refractivity contribution < 1.29 is 14.9 Å². The number of aromatic nitrogens is 1. The predicted molar refractivity (Wildman–Crippen MR) is 139 cm³/mol. The second-order valence-corrected chi connectivity index (χ2v) is 10.1. The Labute approximate surface area is 205 Å². The molecule has 0 radical (unpaired) electrons. The summed E-state index contributed by atoms with van der Waals surface area (Å²) in [5, 5.41) is 23.9. The van der Waals surface area contributed by atoms with Crippen LogP contribution in [0.2, 0.25) is 0 Å². The largest absolute Gasteiger partial charge is 0.506 e. The normalized spacial score (nSPS) is 12.8. The number of rotatable bonds is 14. The molecule has 8 heteroatoms. The Morgan fingerprint density at radius 1 is 1.15 bits per heavy atom. The van der Waals surface area contributed by atoms with E-state index in [1.54, 1.807) is 13.2 Å². The van der Waals surface area contributed by atoms with Crippen molar-refractivity contribution in [3.8, 4) is 5.75 Å². The van der Waals surface area contributed by atoms with Crippen LogP contribution < -0.4 is 10.2 Å².